The van der Waals surface area contributed by atoms with Crippen molar-refractivity contribution in [2.75, 3.05) is 5.75 Å². The molecular formula is C18H21N3OS2. The van der Waals surface area contributed by atoms with Crippen molar-refractivity contribution in [2.45, 2.75) is 37.6 Å². The largest absolute Gasteiger partial charge is 0.337 e. The first-order valence-electron chi connectivity index (χ1n) is 7.71. The number of hydrogen-bond acceptors (Lipinski definition) is 5. The van der Waals surface area contributed by atoms with Gasteiger partial charge in [-0.3, -0.25) is 4.79 Å². The summed E-state index contributed by atoms with van der Waals surface area (Å²) in [6.07, 6.45) is 0. The molecule has 24 heavy (non-hydrogen) atoms. The van der Waals surface area contributed by atoms with E-state index in [1.807, 2.05) is 31.4 Å². The lowest BCUT2D eigenvalue weighted by Crippen LogP contribution is -2.49. The molecule has 4 nitrogen and oxygen atoms in total. The lowest BCUT2D eigenvalue weighted by atomic mass is 9.90. The van der Waals surface area contributed by atoms with Crippen LogP contribution >= 0.6 is 23.1 Å². The molecule has 2 rings (SSSR count). The molecule has 0 unspecified atom stereocenters. The van der Waals surface area contributed by atoms with Crippen LogP contribution < -0.4 is 5.32 Å². The van der Waals surface area contributed by atoms with Gasteiger partial charge in [0.25, 0.3) is 0 Å². The molecule has 1 amide bonds. The topological polar surface area (TPSA) is 65.8 Å². The minimum absolute atomic E-state index is 0.0458. The average molecular weight is 360 g/mol. The maximum Gasteiger partial charge on any atom is 0.231 e. The van der Waals surface area contributed by atoms with Gasteiger partial charge in [-0.2, -0.15) is 5.26 Å². The summed E-state index contributed by atoms with van der Waals surface area (Å²) in [7, 11) is 0. The van der Waals surface area contributed by atoms with Crippen molar-refractivity contribution >= 4 is 29.0 Å². The molecule has 1 aromatic carbocycles. The summed E-state index contributed by atoms with van der Waals surface area (Å²) < 4.78 is 0.851. The van der Waals surface area contributed by atoms with Gasteiger partial charge in [0.15, 0.2) is 4.34 Å². The summed E-state index contributed by atoms with van der Waals surface area (Å²) in [4.78, 5) is 16.7. The van der Waals surface area contributed by atoms with E-state index in [1.165, 1.54) is 28.7 Å². The number of nitriles is 1. The Morgan fingerprint density at radius 3 is 2.67 bits per heavy atom. The van der Waals surface area contributed by atoms with Gasteiger partial charge in [-0.25, -0.2) is 4.98 Å². The predicted octanol–water partition coefficient (Wildman–Crippen LogP) is 4.27. The summed E-state index contributed by atoms with van der Waals surface area (Å²) in [5, 5.41) is 14.1. The number of benzene rings is 1. The van der Waals surface area contributed by atoms with E-state index in [-0.39, 0.29) is 17.6 Å². The van der Waals surface area contributed by atoms with Crippen molar-refractivity contribution in [2.24, 2.45) is 5.92 Å². The Bertz CT molecular complexity index is 746. The predicted molar refractivity (Wildman–Crippen MR) is 100 cm³/mol. The number of thioether (sulfide) groups is 1. The Morgan fingerprint density at radius 1 is 1.42 bits per heavy atom. The SMILES string of the molecule is Cc1ccc(-c2csc(SCC(=O)N[C@@](C)(C#N)C(C)C)n2)cc1. The molecule has 126 valence electrons. The molecule has 0 fully saturated rings. The number of carbonyl (C=O) groups excluding carboxylic acids is 1. The molecule has 0 radical (unpaired) electrons. The maximum absolute atomic E-state index is 12.1. The van der Waals surface area contributed by atoms with E-state index in [0.29, 0.717) is 0 Å². The van der Waals surface area contributed by atoms with Gasteiger partial charge in [0.1, 0.15) is 5.54 Å². The minimum Gasteiger partial charge on any atom is -0.337 e. The third-order valence-corrected chi connectivity index (χ3v) is 5.96. The van der Waals surface area contributed by atoms with Gasteiger partial charge in [0.2, 0.25) is 5.91 Å². The zero-order chi connectivity index (χ0) is 17.7. The van der Waals surface area contributed by atoms with Gasteiger partial charge >= 0.3 is 0 Å². The Labute approximate surface area is 151 Å². The molecule has 0 saturated heterocycles. The number of thiazole rings is 1. The van der Waals surface area contributed by atoms with Crippen LogP contribution in [-0.2, 0) is 4.79 Å². The van der Waals surface area contributed by atoms with E-state index < -0.39 is 5.54 Å². The highest BCUT2D eigenvalue weighted by atomic mass is 32.2. The molecule has 0 aliphatic rings. The Morgan fingerprint density at radius 2 is 2.08 bits per heavy atom. The molecule has 0 saturated carbocycles. The van der Waals surface area contributed by atoms with E-state index in [2.05, 4.69) is 35.4 Å². The Hall–Kier alpha value is -1.84. The molecule has 0 spiro atoms. The van der Waals surface area contributed by atoms with Crippen LogP contribution in [0.1, 0.15) is 26.3 Å². The highest BCUT2D eigenvalue weighted by Gasteiger charge is 2.29. The number of hydrogen-bond donors (Lipinski definition) is 1. The van der Waals surface area contributed by atoms with Gasteiger partial charge in [-0.1, -0.05) is 55.4 Å². The molecule has 1 aromatic heterocycles. The van der Waals surface area contributed by atoms with Gasteiger partial charge in [0, 0.05) is 10.9 Å². The zero-order valence-corrected chi connectivity index (χ0v) is 15.9. The summed E-state index contributed by atoms with van der Waals surface area (Å²) >= 11 is 2.92. The molecule has 2 aromatic rings. The van der Waals surface area contributed by atoms with Crippen molar-refractivity contribution in [3.63, 3.8) is 0 Å². The van der Waals surface area contributed by atoms with Crippen LogP contribution in [0.5, 0.6) is 0 Å². The molecule has 6 heteroatoms. The van der Waals surface area contributed by atoms with Gasteiger partial charge in [0.05, 0.1) is 17.5 Å². The van der Waals surface area contributed by atoms with E-state index in [9.17, 15) is 10.1 Å². The fourth-order valence-electron chi connectivity index (χ4n) is 1.93. The normalized spacial score (nSPS) is 13.3. The molecule has 1 atom stereocenters. The second-order valence-electron chi connectivity index (χ2n) is 6.17. The van der Waals surface area contributed by atoms with Crippen LogP contribution in [0.15, 0.2) is 34.0 Å². The lowest BCUT2D eigenvalue weighted by molar-refractivity contribution is -0.120. The molecule has 0 aliphatic heterocycles. The molecule has 0 aliphatic carbocycles. The maximum atomic E-state index is 12.1. The van der Waals surface area contributed by atoms with Crippen molar-refractivity contribution in [1.29, 1.82) is 5.26 Å². The average Bonchev–Trinajstić information content (AvgIpc) is 3.02. The first-order valence-corrected chi connectivity index (χ1v) is 9.58. The van der Waals surface area contributed by atoms with Crippen LogP contribution in [0.25, 0.3) is 11.3 Å². The van der Waals surface area contributed by atoms with Gasteiger partial charge in [-0.05, 0) is 19.8 Å². The second-order valence-corrected chi connectivity index (χ2v) is 8.25. The van der Waals surface area contributed by atoms with Crippen molar-refractivity contribution in [1.82, 2.24) is 10.3 Å². The standard InChI is InChI=1S/C18H21N3OS2/c1-12(2)18(4,11-19)21-16(22)10-24-17-20-15(9-23-17)14-7-5-13(3)6-8-14/h5-9,12H,10H2,1-4H3,(H,21,22)/t18-/m0/s1. The third-order valence-electron chi connectivity index (χ3n) is 3.94. The fourth-order valence-corrected chi connectivity index (χ4v) is 3.57. The van der Waals surface area contributed by atoms with Gasteiger partial charge < -0.3 is 5.32 Å². The first-order chi connectivity index (χ1) is 11.3. The summed E-state index contributed by atoms with van der Waals surface area (Å²) in [6.45, 7) is 7.65. The number of aromatic nitrogens is 1. The highest BCUT2D eigenvalue weighted by molar-refractivity contribution is 8.01. The number of nitrogens with zero attached hydrogens (tertiary/aromatic N) is 2. The van der Waals surface area contributed by atoms with Crippen LogP contribution in [0.4, 0.5) is 0 Å². The van der Waals surface area contributed by atoms with Crippen molar-refractivity contribution in [3.8, 4) is 17.3 Å². The van der Waals surface area contributed by atoms with Crippen molar-refractivity contribution < 1.29 is 4.79 Å². The number of aryl methyl sites for hydroxylation is 1. The number of carbonyl (C=O) groups is 1. The number of amides is 1. The van der Waals surface area contributed by atoms with E-state index in [4.69, 9.17) is 0 Å². The first kappa shape index (κ1) is 18.5. The smallest absolute Gasteiger partial charge is 0.231 e. The highest BCUT2D eigenvalue weighted by Crippen LogP contribution is 2.28. The van der Waals surface area contributed by atoms with Crippen LogP contribution in [0, 0.1) is 24.2 Å². The van der Waals surface area contributed by atoms with E-state index in [1.54, 1.807) is 6.92 Å². The van der Waals surface area contributed by atoms with Crippen LogP contribution in [-0.4, -0.2) is 22.2 Å². The van der Waals surface area contributed by atoms with Gasteiger partial charge in [-0.15, -0.1) is 11.3 Å². The number of nitrogens with one attached hydrogen (secondary N) is 1. The van der Waals surface area contributed by atoms with E-state index in [0.717, 1.165) is 15.6 Å². The Balaban J connectivity index is 1.95. The molecule has 1 heterocycles. The molecular weight excluding hydrogens is 338 g/mol. The van der Waals surface area contributed by atoms with E-state index >= 15 is 0 Å². The monoisotopic (exact) mass is 359 g/mol. The molecule has 0 bridgehead atoms. The quantitative estimate of drug-likeness (QED) is 0.783. The van der Waals surface area contributed by atoms with Crippen molar-refractivity contribution in [3.05, 3.63) is 35.2 Å². The molecule has 1 N–H and O–H groups in total. The van der Waals surface area contributed by atoms with Crippen LogP contribution in [0.3, 0.4) is 0 Å². The minimum atomic E-state index is -0.840. The number of rotatable bonds is 6. The summed E-state index contributed by atoms with van der Waals surface area (Å²) in [5.41, 5.74) is 2.37. The lowest BCUT2D eigenvalue weighted by Gasteiger charge is -2.27. The van der Waals surface area contributed by atoms with Crippen LogP contribution in [0.2, 0.25) is 0 Å². The zero-order valence-electron chi connectivity index (χ0n) is 14.3. The summed E-state index contributed by atoms with van der Waals surface area (Å²) in [6, 6.07) is 10.4. The fraction of sp³-hybridized carbons (Fsp3) is 0.389. The Kier molecular flexibility index (Phi) is 6.03. The summed E-state index contributed by atoms with van der Waals surface area (Å²) in [5.74, 6) is 0.152. The third kappa shape index (κ3) is 4.59. The second kappa shape index (κ2) is 7.82.